The van der Waals surface area contributed by atoms with Crippen LogP contribution in [0.15, 0.2) is 55.1 Å². The summed E-state index contributed by atoms with van der Waals surface area (Å²) >= 11 is 0. The molecular formula is C30H41NOSi. The first-order valence-corrected chi connectivity index (χ1v) is 15.7. The molecular weight excluding hydrogens is 418 g/mol. The average Bonchev–Trinajstić information content (AvgIpc) is 3.18. The Morgan fingerprint density at radius 1 is 1.09 bits per heavy atom. The van der Waals surface area contributed by atoms with Crippen molar-refractivity contribution in [2.75, 3.05) is 19.7 Å². The Morgan fingerprint density at radius 2 is 1.79 bits per heavy atom. The Kier molecular flexibility index (Phi) is 6.64. The van der Waals surface area contributed by atoms with E-state index in [9.17, 15) is 0 Å². The van der Waals surface area contributed by atoms with Crippen LogP contribution < -0.4 is 9.92 Å². The molecule has 2 nitrogen and oxygen atoms in total. The number of benzene rings is 2. The van der Waals surface area contributed by atoms with Crippen molar-refractivity contribution in [3.05, 3.63) is 77.4 Å². The number of fused-ring (bicyclic) bond motifs is 1. The summed E-state index contributed by atoms with van der Waals surface area (Å²) in [5, 5.41) is 1.44. The van der Waals surface area contributed by atoms with Gasteiger partial charge in [0.1, 0.15) is 12.4 Å². The maximum absolute atomic E-state index is 6.46. The minimum Gasteiger partial charge on any atom is -0.489 e. The number of aryl methyl sites for hydroxylation is 1. The van der Waals surface area contributed by atoms with Crippen LogP contribution in [-0.4, -0.2) is 32.7 Å². The van der Waals surface area contributed by atoms with E-state index in [4.69, 9.17) is 4.74 Å². The number of ether oxygens (including phenoxy) is 1. The van der Waals surface area contributed by atoms with Crippen molar-refractivity contribution in [3.63, 3.8) is 0 Å². The van der Waals surface area contributed by atoms with Gasteiger partial charge >= 0.3 is 0 Å². The average molecular weight is 460 g/mol. The molecule has 1 aliphatic heterocycles. The topological polar surface area (TPSA) is 12.5 Å². The molecule has 33 heavy (non-hydrogen) atoms. The molecule has 1 saturated heterocycles. The van der Waals surface area contributed by atoms with Crippen LogP contribution in [-0.2, 0) is 5.41 Å². The lowest BCUT2D eigenvalue weighted by atomic mass is 9.85. The molecule has 0 bridgehead atoms. The molecule has 0 amide bonds. The first-order valence-electron chi connectivity index (χ1n) is 12.6. The Balaban J connectivity index is 1.86. The molecule has 0 N–H and O–H groups in total. The molecule has 2 aliphatic rings. The summed E-state index contributed by atoms with van der Waals surface area (Å²) in [4.78, 5) is 2.64. The van der Waals surface area contributed by atoms with Crippen molar-refractivity contribution < 1.29 is 4.74 Å². The first kappa shape index (κ1) is 23.9. The fourth-order valence-corrected chi connectivity index (χ4v) is 8.95. The Morgan fingerprint density at radius 3 is 2.45 bits per heavy atom. The molecule has 4 rings (SSSR count). The highest BCUT2D eigenvalue weighted by atomic mass is 28.3. The van der Waals surface area contributed by atoms with Gasteiger partial charge in [-0.3, -0.25) is 0 Å². The van der Waals surface area contributed by atoms with E-state index in [-0.39, 0.29) is 5.41 Å². The summed E-state index contributed by atoms with van der Waals surface area (Å²) in [5.74, 6) is 1.10. The van der Waals surface area contributed by atoms with Crippen LogP contribution in [0.1, 0.15) is 67.8 Å². The minimum absolute atomic E-state index is 0.0180. The zero-order valence-electron chi connectivity index (χ0n) is 21.5. The first-order chi connectivity index (χ1) is 15.6. The molecule has 0 radical (unpaired) electrons. The van der Waals surface area contributed by atoms with E-state index >= 15 is 0 Å². The van der Waals surface area contributed by atoms with Crippen LogP contribution in [0.25, 0.3) is 5.70 Å². The van der Waals surface area contributed by atoms with Crippen LogP contribution in [0.5, 0.6) is 5.75 Å². The SMILES string of the molecule is C=CCOc1c(C(C)(C)C)cc(C)cc1[Si](C)(C)C1C=C(N2CCCCC2)c2ccccc21. The summed E-state index contributed by atoms with van der Waals surface area (Å²) in [6.45, 7) is 21.0. The van der Waals surface area contributed by atoms with E-state index in [1.54, 1.807) is 0 Å². The number of hydrogen-bond donors (Lipinski definition) is 0. The molecule has 1 aliphatic carbocycles. The van der Waals surface area contributed by atoms with Crippen molar-refractivity contribution in [1.29, 1.82) is 0 Å². The van der Waals surface area contributed by atoms with Gasteiger partial charge in [0.05, 0.1) is 8.07 Å². The highest BCUT2D eigenvalue weighted by molar-refractivity contribution is 6.92. The van der Waals surface area contributed by atoms with Crippen LogP contribution in [0, 0.1) is 6.92 Å². The van der Waals surface area contributed by atoms with Crippen molar-refractivity contribution in [2.45, 2.75) is 71.0 Å². The number of piperidine rings is 1. The Labute approximate surface area is 202 Å². The van der Waals surface area contributed by atoms with E-state index in [0.29, 0.717) is 12.1 Å². The number of likely N-dealkylation sites (tertiary alicyclic amines) is 1. The fourth-order valence-electron chi connectivity index (χ4n) is 5.62. The highest BCUT2D eigenvalue weighted by Crippen LogP contribution is 2.44. The van der Waals surface area contributed by atoms with Crippen molar-refractivity contribution in [2.24, 2.45) is 0 Å². The third-order valence-corrected chi connectivity index (χ3v) is 11.2. The molecule has 2 aromatic rings. The van der Waals surface area contributed by atoms with Crippen molar-refractivity contribution >= 4 is 19.0 Å². The van der Waals surface area contributed by atoms with Gasteiger partial charge in [0.25, 0.3) is 0 Å². The minimum atomic E-state index is -2.00. The van der Waals surface area contributed by atoms with Crippen LogP contribution in [0.4, 0.5) is 0 Å². The second-order valence-electron chi connectivity index (χ2n) is 11.4. The number of hydrogen-bond acceptors (Lipinski definition) is 2. The molecule has 1 fully saturated rings. The predicted octanol–water partition coefficient (Wildman–Crippen LogP) is 6.94. The van der Waals surface area contributed by atoms with E-state index in [0.717, 1.165) is 5.75 Å². The lowest BCUT2D eigenvalue weighted by Gasteiger charge is -2.35. The largest absolute Gasteiger partial charge is 0.489 e. The van der Waals surface area contributed by atoms with Crippen molar-refractivity contribution in [3.8, 4) is 5.75 Å². The zero-order valence-corrected chi connectivity index (χ0v) is 22.5. The van der Waals surface area contributed by atoms with Crippen LogP contribution >= 0.6 is 0 Å². The molecule has 1 heterocycles. The van der Waals surface area contributed by atoms with Gasteiger partial charge in [-0.2, -0.15) is 0 Å². The van der Waals surface area contributed by atoms with Gasteiger partial charge < -0.3 is 9.64 Å². The quantitative estimate of drug-likeness (QED) is 0.343. The van der Waals surface area contributed by atoms with Gasteiger partial charge in [0.15, 0.2) is 0 Å². The summed E-state index contributed by atoms with van der Waals surface area (Å²) in [7, 11) is -2.00. The molecule has 1 atom stereocenters. The van der Waals surface area contributed by atoms with Gasteiger partial charge in [-0.05, 0) is 47.9 Å². The van der Waals surface area contributed by atoms with E-state index in [1.807, 2.05) is 6.08 Å². The Hall–Kier alpha value is -2.26. The van der Waals surface area contributed by atoms with E-state index in [1.165, 1.54) is 65.5 Å². The normalized spacial score (nSPS) is 18.7. The molecule has 176 valence electrons. The standard InChI is InChI=1S/C30H41NOSi/c1-8-18-32-29-25(30(3,4)5)19-22(2)20-28(29)33(6,7)27-21-26(31-16-12-9-13-17-31)23-14-10-11-15-24(23)27/h8,10-11,14-15,19-21,27H,1,9,12-13,16-18H2,2-7H3. The third-order valence-electron chi connectivity index (χ3n) is 7.45. The lowest BCUT2D eigenvalue weighted by Crippen LogP contribution is -2.48. The summed E-state index contributed by atoms with van der Waals surface area (Å²) < 4.78 is 6.46. The van der Waals surface area contributed by atoms with Crippen LogP contribution in [0.2, 0.25) is 13.1 Å². The Bertz CT molecular complexity index is 1050. The number of rotatable bonds is 6. The second kappa shape index (κ2) is 9.17. The lowest BCUT2D eigenvalue weighted by molar-refractivity contribution is 0.326. The van der Waals surface area contributed by atoms with Gasteiger partial charge in [-0.1, -0.05) is 94.6 Å². The van der Waals surface area contributed by atoms with Gasteiger partial charge in [-0.25, -0.2) is 0 Å². The van der Waals surface area contributed by atoms with Crippen LogP contribution in [0.3, 0.4) is 0 Å². The second-order valence-corrected chi connectivity index (χ2v) is 16.0. The molecule has 3 heteroatoms. The molecule has 1 unspecified atom stereocenters. The predicted molar refractivity (Wildman–Crippen MR) is 145 cm³/mol. The highest BCUT2D eigenvalue weighted by Gasteiger charge is 2.42. The number of allylic oxidation sites excluding steroid dienone is 1. The summed E-state index contributed by atoms with van der Waals surface area (Å²) in [6, 6.07) is 13.9. The van der Waals surface area contributed by atoms with Gasteiger partial charge in [0.2, 0.25) is 0 Å². The molecule has 0 spiro atoms. The van der Waals surface area contributed by atoms with E-state index in [2.05, 4.69) is 94.7 Å². The monoisotopic (exact) mass is 459 g/mol. The summed E-state index contributed by atoms with van der Waals surface area (Å²) in [6.07, 6.45) is 8.44. The number of nitrogens with zero attached hydrogens (tertiary/aromatic N) is 1. The molecule has 0 aromatic heterocycles. The molecule has 2 aromatic carbocycles. The maximum atomic E-state index is 6.46. The molecule has 0 saturated carbocycles. The maximum Gasteiger partial charge on any atom is 0.122 e. The van der Waals surface area contributed by atoms with Gasteiger partial charge in [-0.15, -0.1) is 0 Å². The van der Waals surface area contributed by atoms with E-state index < -0.39 is 8.07 Å². The van der Waals surface area contributed by atoms with Crippen molar-refractivity contribution in [1.82, 2.24) is 4.90 Å². The zero-order chi connectivity index (χ0) is 23.8. The van der Waals surface area contributed by atoms with Gasteiger partial charge in [0, 0.05) is 29.9 Å². The smallest absolute Gasteiger partial charge is 0.122 e. The summed E-state index contributed by atoms with van der Waals surface area (Å²) in [5.41, 5.74) is 7.51. The fraction of sp³-hybridized carbons (Fsp3) is 0.467. The third kappa shape index (κ3) is 4.57.